The van der Waals surface area contributed by atoms with Crippen LogP contribution in [0.15, 0.2) is 49.6 Å². The lowest BCUT2D eigenvalue weighted by molar-refractivity contribution is -0.131. The van der Waals surface area contributed by atoms with Crippen molar-refractivity contribution in [1.82, 2.24) is 25.4 Å². The first-order valence-corrected chi connectivity index (χ1v) is 7.47. The molecule has 7 heteroatoms. The number of hydrogen-bond acceptors (Lipinski definition) is 5. The van der Waals surface area contributed by atoms with Crippen molar-refractivity contribution in [1.29, 1.82) is 0 Å². The summed E-state index contributed by atoms with van der Waals surface area (Å²) in [6, 6.07) is 6.38. The van der Waals surface area contributed by atoms with Gasteiger partial charge in [0, 0.05) is 13.1 Å². The van der Waals surface area contributed by atoms with E-state index in [0.717, 1.165) is 0 Å². The van der Waals surface area contributed by atoms with E-state index >= 15 is 0 Å². The van der Waals surface area contributed by atoms with Crippen molar-refractivity contribution in [3.8, 4) is 0 Å². The molecule has 0 aliphatic heterocycles. The van der Waals surface area contributed by atoms with E-state index in [1.807, 2.05) is 6.07 Å². The molecule has 124 valence electrons. The van der Waals surface area contributed by atoms with Crippen molar-refractivity contribution >= 4 is 22.8 Å². The molecule has 1 aromatic heterocycles. The van der Waals surface area contributed by atoms with Crippen molar-refractivity contribution in [2.24, 2.45) is 0 Å². The molecule has 0 radical (unpaired) electrons. The fourth-order valence-corrected chi connectivity index (χ4v) is 2.14. The topological polar surface area (TPSA) is 88.1 Å². The number of rotatable bonds is 7. The highest BCUT2D eigenvalue weighted by Gasteiger charge is 2.22. The Labute approximate surface area is 140 Å². The second kappa shape index (κ2) is 7.96. The largest absolute Gasteiger partial charge is 0.338 e. The van der Waals surface area contributed by atoms with Crippen LogP contribution >= 0.6 is 0 Å². The summed E-state index contributed by atoms with van der Waals surface area (Å²) in [6.07, 6.45) is 3.23. The lowest BCUT2D eigenvalue weighted by atomic mass is 10.2. The van der Waals surface area contributed by atoms with Gasteiger partial charge >= 0.3 is 0 Å². The van der Waals surface area contributed by atoms with Gasteiger partial charge in [-0.25, -0.2) is 4.98 Å². The minimum absolute atomic E-state index is 0.0765. The monoisotopic (exact) mass is 325 g/mol. The van der Waals surface area contributed by atoms with E-state index in [1.54, 1.807) is 37.3 Å². The zero-order valence-electron chi connectivity index (χ0n) is 13.5. The van der Waals surface area contributed by atoms with Gasteiger partial charge in [0.1, 0.15) is 11.6 Å². The Kier molecular flexibility index (Phi) is 5.73. The van der Waals surface area contributed by atoms with Crippen LogP contribution in [0.4, 0.5) is 0 Å². The summed E-state index contributed by atoms with van der Waals surface area (Å²) in [4.78, 5) is 30.3. The molecule has 0 aliphatic carbocycles. The standard InChI is InChI=1S/C17H19N5O2/c1-4-10-22(11-5-2)17(24)12(3)18-16(23)15-19-13-8-6-7-9-14(13)20-21-15/h4-9,12H,1-2,10-11H2,3H3,(H,18,23). The van der Waals surface area contributed by atoms with Crippen molar-refractivity contribution in [2.75, 3.05) is 13.1 Å². The molecule has 0 saturated heterocycles. The number of benzene rings is 1. The highest BCUT2D eigenvalue weighted by molar-refractivity contribution is 5.95. The van der Waals surface area contributed by atoms with Crippen LogP contribution in [0.3, 0.4) is 0 Å². The van der Waals surface area contributed by atoms with Gasteiger partial charge in [0.25, 0.3) is 5.91 Å². The molecule has 0 aliphatic rings. The molecular weight excluding hydrogens is 306 g/mol. The fourth-order valence-electron chi connectivity index (χ4n) is 2.14. The van der Waals surface area contributed by atoms with Crippen LogP contribution in [0.1, 0.15) is 17.5 Å². The summed E-state index contributed by atoms with van der Waals surface area (Å²) >= 11 is 0. The lowest BCUT2D eigenvalue weighted by Crippen LogP contribution is -2.47. The number of hydrogen-bond donors (Lipinski definition) is 1. The molecule has 1 atom stereocenters. The van der Waals surface area contributed by atoms with Gasteiger partial charge in [-0.2, -0.15) is 0 Å². The quantitative estimate of drug-likeness (QED) is 0.776. The summed E-state index contributed by atoms with van der Waals surface area (Å²) in [5, 5.41) is 10.4. The number of nitrogens with one attached hydrogen (secondary N) is 1. The van der Waals surface area contributed by atoms with Crippen LogP contribution in [0.25, 0.3) is 11.0 Å². The first-order chi connectivity index (χ1) is 11.6. The highest BCUT2D eigenvalue weighted by Crippen LogP contribution is 2.06. The molecule has 0 saturated carbocycles. The molecule has 2 aromatic rings. The van der Waals surface area contributed by atoms with Crippen LogP contribution in [-0.2, 0) is 4.79 Å². The van der Waals surface area contributed by atoms with Crippen LogP contribution in [0.5, 0.6) is 0 Å². The molecule has 1 heterocycles. The number of fused-ring (bicyclic) bond motifs is 1. The van der Waals surface area contributed by atoms with E-state index in [9.17, 15) is 9.59 Å². The SMILES string of the molecule is C=CCN(CC=C)C(=O)C(C)NC(=O)c1nnc2ccccc2n1. The predicted octanol–water partition coefficient (Wildman–Crippen LogP) is 1.34. The number of carbonyl (C=O) groups is 2. The molecule has 1 unspecified atom stereocenters. The van der Waals surface area contributed by atoms with Crippen molar-refractivity contribution < 1.29 is 9.59 Å². The summed E-state index contributed by atoms with van der Waals surface area (Å²) in [6.45, 7) is 9.59. The van der Waals surface area contributed by atoms with Gasteiger partial charge in [0.2, 0.25) is 11.7 Å². The lowest BCUT2D eigenvalue weighted by Gasteiger charge is -2.23. The Morgan fingerprint density at radius 1 is 1.17 bits per heavy atom. The molecule has 2 amide bonds. The van der Waals surface area contributed by atoms with Gasteiger partial charge in [-0.3, -0.25) is 9.59 Å². The van der Waals surface area contributed by atoms with Crippen LogP contribution in [0.2, 0.25) is 0 Å². The second-order valence-electron chi connectivity index (χ2n) is 5.14. The molecule has 0 fully saturated rings. The van der Waals surface area contributed by atoms with E-state index in [-0.39, 0.29) is 11.7 Å². The Balaban J connectivity index is 2.10. The van der Waals surface area contributed by atoms with E-state index < -0.39 is 11.9 Å². The molecule has 1 aromatic carbocycles. The molecular formula is C17H19N5O2. The fraction of sp³-hybridized carbons (Fsp3) is 0.235. The van der Waals surface area contributed by atoms with Crippen LogP contribution in [0, 0.1) is 0 Å². The molecule has 0 bridgehead atoms. The zero-order valence-corrected chi connectivity index (χ0v) is 13.5. The highest BCUT2D eigenvalue weighted by atomic mass is 16.2. The predicted molar refractivity (Wildman–Crippen MR) is 91.2 cm³/mol. The summed E-state index contributed by atoms with van der Waals surface area (Å²) in [5.41, 5.74) is 1.16. The molecule has 0 spiro atoms. The Hall–Kier alpha value is -3.09. The van der Waals surface area contributed by atoms with Gasteiger partial charge < -0.3 is 10.2 Å². The first-order valence-electron chi connectivity index (χ1n) is 7.47. The number of aromatic nitrogens is 3. The third-order valence-corrected chi connectivity index (χ3v) is 3.29. The van der Waals surface area contributed by atoms with Crippen LogP contribution in [-0.4, -0.2) is 51.0 Å². The minimum atomic E-state index is -0.729. The van der Waals surface area contributed by atoms with Crippen molar-refractivity contribution in [3.63, 3.8) is 0 Å². The second-order valence-corrected chi connectivity index (χ2v) is 5.14. The van der Waals surface area contributed by atoms with E-state index in [2.05, 4.69) is 33.7 Å². The van der Waals surface area contributed by atoms with Gasteiger partial charge in [-0.1, -0.05) is 24.3 Å². The van der Waals surface area contributed by atoms with Crippen molar-refractivity contribution in [2.45, 2.75) is 13.0 Å². The van der Waals surface area contributed by atoms with E-state index in [0.29, 0.717) is 24.1 Å². The van der Waals surface area contributed by atoms with Gasteiger partial charge in [0.15, 0.2) is 0 Å². The molecule has 7 nitrogen and oxygen atoms in total. The minimum Gasteiger partial charge on any atom is -0.338 e. The molecule has 2 rings (SSSR count). The third kappa shape index (κ3) is 4.01. The number of carbonyl (C=O) groups excluding carboxylic acids is 2. The van der Waals surface area contributed by atoms with Gasteiger partial charge in [-0.15, -0.1) is 23.4 Å². The van der Waals surface area contributed by atoms with Gasteiger partial charge in [0.05, 0.1) is 5.52 Å². The normalized spacial score (nSPS) is 11.5. The van der Waals surface area contributed by atoms with E-state index in [4.69, 9.17) is 0 Å². The average Bonchev–Trinajstić information content (AvgIpc) is 2.60. The maximum atomic E-state index is 12.4. The molecule has 24 heavy (non-hydrogen) atoms. The smallest absolute Gasteiger partial charge is 0.291 e. The number of amides is 2. The zero-order chi connectivity index (χ0) is 17.5. The first kappa shape index (κ1) is 17.3. The Morgan fingerprint density at radius 3 is 2.42 bits per heavy atom. The van der Waals surface area contributed by atoms with Crippen LogP contribution < -0.4 is 5.32 Å². The summed E-state index contributed by atoms with van der Waals surface area (Å²) in [7, 11) is 0. The van der Waals surface area contributed by atoms with Gasteiger partial charge in [-0.05, 0) is 19.1 Å². The summed E-state index contributed by atoms with van der Waals surface area (Å²) in [5.74, 6) is -0.865. The maximum absolute atomic E-state index is 12.4. The number of para-hydroxylation sites is 1. The average molecular weight is 325 g/mol. The summed E-state index contributed by atoms with van der Waals surface area (Å²) < 4.78 is 0. The van der Waals surface area contributed by atoms with Crippen molar-refractivity contribution in [3.05, 3.63) is 55.4 Å². The van der Waals surface area contributed by atoms with E-state index in [1.165, 1.54) is 4.90 Å². The molecule has 1 N–H and O–H groups in total. The maximum Gasteiger partial charge on any atom is 0.291 e. The third-order valence-electron chi connectivity index (χ3n) is 3.29. The Bertz CT molecular complexity index is 764. The number of nitrogens with zero attached hydrogens (tertiary/aromatic N) is 4. The Morgan fingerprint density at radius 2 is 1.79 bits per heavy atom.